The number of carbonyl (C=O) groups excluding carboxylic acids is 2. The van der Waals surface area contributed by atoms with Crippen molar-refractivity contribution in [2.75, 3.05) is 5.32 Å². The van der Waals surface area contributed by atoms with E-state index in [0.29, 0.717) is 17.0 Å². The summed E-state index contributed by atoms with van der Waals surface area (Å²) in [6, 6.07) is 11.2. The van der Waals surface area contributed by atoms with Crippen molar-refractivity contribution in [1.82, 2.24) is 5.43 Å². The second-order valence-corrected chi connectivity index (χ2v) is 4.65. The molecule has 0 aliphatic rings. The van der Waals surface area contributed by atoms with Gasteiger partial charge in [-0.1, -0.05) is 0 Å². The van der Waals surface area contributed by atoms with Gasteiger partial charge in [-0.2, -0.15) is 5.10 Å². The number of nitrogens with one attached hydrogen (secondary N) is 2. The number of rotatable bonds is 3. The third-order valence-corrected chi connectivity index (χ3v) is 2.92. The van der Waals surface area contributed by atoms with E-state index in [2.05, 4.69) is 15.8 Å². The number of hydrogen-bond acceptors (Lipinski definition) is 4. The molecule has 23 heavy (non-hydrogen) atoms. The number of halogens is 1. The van der Waals surface area contributed by atoms with Gasteiger partial charge in [0.2, 0.25) is 0 Å². The van der Waals surface area contributed by atoms with Crippen LogP contribution in [0.15, 0.2) is 53.6 Å². The quantitative estimate of drug-likeness (QED) is 0.460. The fraction of sp³-hybridized carbons (Fsp3) is 0.0625. The lowest BCUT2D eigenvalue weighted by Gasteiger charge is -2.05. The second kappa shape index (κ2) is 7.17. The number of nitrogens with zero attached hydrogens (tertiary/aromatic N) is 1. The van der Waals surface area contributed by atoms with Crippen molar-refractivity contribution in [3.8, 4) is 5.75 Å². The molecule has 0 aromatic heterocycles. The van der Waals surface area contributed by atoms with E-state index in [4.69, 9.17) is 0 Å². The molecule has 0 saturated heterocycles. The van der Waals surface area contributed by atoms with Crippen LogP contribution in [-0.4, -0.2) is 22.6 Å². The molecule has 0 saturated carbocycles. The van der Waals surface area contributed by atoms with Crippen LogP contribution in [0.2, 0.25) is 0 Å². The van der Waals surface area contributed by atoms with E-state index in [1.807, 2.05) is 0 Å². The van der Waals surface area contributed by atoms with E-state index in [1.165, 1.54) is 36.4 Å². The Morgan fingerprint density at radius 1 is 1.00 bits per heavy atom. The maximum atomic E-state index is 12.8. The summed E-state index contributed by atoms with van der Waals surface area (Å²) in [4.78, 5) is 23.3. The topological polar surface area (TPSA) is 90.8 Å². The van der Waals surface area contributed by atoms with Gasteiger partial charge >= 0.3 is 11.8 Å². The fourth-order valence-electron chi connectivity index (χ4n) is 1.67. The number of phenols is 1. The van der Waals surface area contributed by atoms with Crippen LogP contribution >= 0.6 is 0 Å². The maximum absolute atomic E-state index is 12.8. The van der Waals surface area contributed by atoms with Gasteiger partial charge in [0.25, 0.3) is 0 Å². The summed E-state index contributed by atoms with van der Waals surface area (Å²) in [5, 5.41) is 15.3. The Balaban J connectivity index is 1.95. The smallest absolute Gasteiger partial charge is 0.329 e. The lowest BCUT2D eigenvalue weighted by atomic mass is 10.1. The molecular weight excluding hydrogens is 301 g/mol. The fourth-order valence-corrected chi connectivity index (χ4v) is 1.67. The number of hydrazone groups is 1. The highest BCUT2D eigenvalue weighted by Gasteiger charge is 2.13. The van der Waals surface area contributed by atoms with Crippen LogP contribution < -0.4 is 10.7 Å². The molecule has 0 bridgehead atoms. The molecule has 118 valence electrons. The van der Waals surface area contributed by atoms with Crippen LogP contribution in [0.4, 0.5) is 10.1 Å². The molecule has 2 amide bonds. The van der Waals surface area contributed by atoms with Gasteiger partial charge in [-0.05, 0) is 61.0 Å². The van der Waals surface area contributed by atoms with Crippen LogP contribution in [0.1, 0.15) is 12.5 Å². The number of phenolic OH excluding ortho intramolecular Hbond substituents is 1. The van der Waals surface area contributed by atoms with Crippen LogP contribution in [0.25, 0.3) is 0 Å². The van der Waals surface area contributed by atoms with Crippen LogP contribution in [-0.2, 0) is 9.59 Å². The number of anilines is 1. The lowest BCUT2D eigenvalue weighted by Crippen LogP contribution is -2.32. The van der Waals surface area contributed by atoms with Crippen molar-refractivity contribution < 1.29 is 19.1 Å². The predicted molar refractivity (Wildman–Crippen MR) is 83.5 cm³/mol. The lowest BCUT2D eigenvalue weighted by molar-refractivity contribution is -0.136. The Morgan fingerprint density at radius 2 is 1.61 bits per heavy atom. The Hall–Kier alpha value is -3.22. The zero-order chi connectivity index (χ0) is 16.8. The van der Waals surface area contributed by atoms with Gasteiger partial charge in [-0.3, -0.25) is 9.59 Å². The maximum Gasteiger partial charge on any atom is 0.329 e. The first-order valence-corrected chi connectivity index (χ1v) is 6.66. The van der Waals surface area contributed by atoms with Crippen molar-refractivity contribution in [3.63, 3.8) is 0 Å². The number of hydrogen-bond donors (Lipinski definition) is 3. The van der Waals surface area contributed by atoms with Crippen LogP contribution in [0.5, 0.6) is 5.75 Å². The summed E-state index contributed by atoms with van der Waals surface area (Å²) in [5.41, 5.74) is 3.57. The van der Waals surface area contributed by atoms with Gasteiger partial charge in [0.1, 0.15) is 11.6 Å². The molecule has 7 heteroatoms. The first-order chi connectivity index (χ1) is 11.0. The first kappa shape index (κ1) is 16.2. The van der Waals surface area contributed by atoms with Crippen molar-refractivity contribution in [2.45, 2.75) is 6.92 Å². The number of aromatic hydroxyl groups is 1. The summed E-state index contributed by atoms with van der Waals surface area (Å²) < 4.78 is 12.8. The third kappa shape index (κ3) is 4.63. The highest BCUT2D eigenvalue weighted by Crippen LogP contribution is 2.10. The molecule has 2 rings (SSSR count). The highest BCUT2D eigenvalue weighted by atomic mass is 19.1. The SMILES string of the molecule is C/C(=N\NC(=O)C(=O)Nc1ccc(F)cc1)c1ccc(O)cc1. The number of amides is 2. The molecule has 0 heterocycles. The Bertz CT molecular complexity index is 740. The van der Waals surface area contributed by atoms with Gasteiger partial charge in [-0.25, -0.2) is 9.82 Å². The zero-order valence-electron chi connectivity index (χ0n) is 12.2. The third-order valence-electron chi connectivity index (χ3n) is 2.92. The molecule has 6 nitrogen and oxygen atoms in total. The average molecular weight is 315 g/mol. The molecule has 2 aromatic rings. The molecule has 3 N–H and O–H groups in total. The van der Waals surface area contributed by atoms with E-state index in [0.717, 1.165) is 0 Å². The zero-order valence-corrected chi connectivity index (χ0v) is 12.2. The number of carbonyl (C=O) groups is 2. The van der Waals surface area contributed by atoms with Gasteiger partial charge < -0.3 is 10.4 Å². The molecule has 0 fully saturated rings. The average Bonchev–Trinajstić information content (AvgIpc) is 2.55. The summed E-state index contributed by atoms with van der Waals surface area (Å²) in [7, 11) is 0. The van der Waals surface area contributed by atoms with E-state index < -0.39 is 17.6 Å². The minimum Gasteiger partial charge on any atom is -0.508 e. The van der Waals surface area contributed by atoms with Crippen molar-refractivity contribution >= 4 is 23.2 Å². The summed E-state index contributed by atoms with van der Waals surface area (Å²) >= 11 is 0. The molecule has 0 aliphatic heterocycles. The predicted octanol–water partition coefficient (Wildman–Crippen LogP) is 2.01. The van der Waals surface area contributed by atoms with E-state index in [1.54, 1.807) is 19.1 Å². The van der Waals surface area contributed by atoms with Gasteiger partial charge in [0.15, 0.2) is 0 Å². The van der Waals surface area contributed by atoms with Crippen LogP contribution in [0.3, 0.4) is 0 Å². The van der Waals surface area contributed by atoms with E-state index >= 15 is 0 Å². The Morgan fingerprint density at radius 3 is 2.22 bits per heavy atom. The first-order valence-electron chi connectivity index (χ1n) is 6.66. The van der Waals surface area contributed by atoms with Gasteiger partial charge in [0.05, 0.1) is 5.71 Å². The molecule has 0 spiro atoms. The molecule has 0 aliphatic carbocycles. The Labute approximate surface area is 131 Å². The largest absolute Gasteiger partial charge is 0.508 e. The normalized spacial score (nSPS) is 11.0. The minimum atomic E-state index is -0.951. The van der Waals surface area contributed by atoms with Crippen LogP contribution in [0, 0.1) is 5.82 Å². The second-order valence-electron chi connectivity index (χ2n) is 4.65. The molecule has 0 atom stereocenters. The van der Waals surface area contributed by atoms with Crippen molar-refractivity contribution in [1.29, 1.82) is 0 Å². The van der Waals surface area contributed by atoms with E-state index in [9.17, 15) is 19.1 Å². The van der Waals surface area contributed by atoms with Crippen molar-refractivity contribution in [3.05, 3.63) is 59.9 Å². The van der Waals surface area contributed by atoms with E-state index in [-0.39, 0.29) is 5.75 Å². The standard InChI is InChI=1S/C16H14FN3O3/c1-10(11-2-8-14(21)9-3-11)19-20-16(23)15(22)18-13-6-4-12(17)5-7-13/h2-9,21H,1H3,(H,18,22)(H,20,23)/b19-10+. The Kier molecular flexibility index (Phi) is 5.03. The summed E-state index contributed by atoms with van der Waals surface area (Å²) in [6.45, 7) is 1.64. The van der Waals surface area contributed by atoms with Gasteiger partial charge in [0, 0.05) is 5.69 Å². The minimum absolute atomic E-state index is 0.115. The highest BCUT2D eigenvalue weighted by molar-refractivity contribution is 6.39. The summed E-state index contributed by atoms with van der Waals surface area (Å²) in [6.07, 6.45) is 0. The molecule has 2 aromatic carbocycles. The molecule has 0 unspecified atom stereocenters. The summed E-state index contributed by atoms with van der Waals surface area (Å²) in [5.74, 6) is -2.20. The molecule has 0 radical (unpaired) electrons. The van der Waals surface area contributed by atoms with Gasteiger partial charge in [-0.15, -0.1) is 0 Å². The number of benzene rings is 2. The van der Waals surface area contributed by atoms with Crippen molar-refractivity contribution in [2.24, 2.45) is 5.10 Å². The monoisotopic (exact) mass is 315 g/mol. The molecular formula is C16H14FN3O3.